The third-order valence-corrected chi connectivity index (χ3v) is 6.07. The summed E-state index contributed by atoms with van der Waals surface area (Å²) in [5, 5.41) is 19.7. The predicted octanol–water partition coefficient (Wildman–Crippen LogP) is 4.87. The van der Waals surface area contributed by atoms with Gasteiger partial charge in [0, 0.05) is 25.8 Å². The van der Waals surface area contributed by atoms with E-state index in [1.807, 2.05) is 6.07 Å². The van der Waals surface area contributed by atoms with Gasteiger partial charge in [-0.2, -0.15) is 0 Å². The maximum Gasteiger partial charge on any atom is 0.138 e. The van der Waals surface area contributed by atoms with Crippen LogP contribution in [0.3, 0.4) is 0 Å². The highest BCUT2D eigenvalue weighted by Crippen LogP contribution is 2.40. The Balaban J connectivity index is 1.87. The second kappa shape index (κ2) is 5.93. The number of aromatic hydroxyl groups is 2. The molecule has 0 saturated carbocycles. The molecule has 0 atom stereocenters. The van der Waals surface area contributed by atoms with Crippen molar-refractivity contribution >= 4 is 8.07 Å². The number of phenols is 2. The summed E-state index contributed by atoms with van der Waals surface area (Å²) in [6, 6.07) is 10.6. The van der Waals surface area contributed by atoms with E-state index in [1.54, 1.807) is 6.07 Å². The minimum absolute atomic E-state index is 0.0245. The van der Waals surface area contributed by atoms with Crippen LogP contribution in [0.1, 0.15) is 16.7 Å². The largest absolute Gasteiger partial charge is 0.508 e. The second-order valence-corrected chi connectivity index (χ2v) is 13.2. The molecule has 2 aromatic carbocycles. The third-order valence-electron chi connectivity index (χ3n) is 4.32. The fourth-order valence-corrected chi connectivity index (χ4v) is 3.98. The smallest absolute Gasteiger partial charge is 0.138 e. The van der Waals surface area contributed by atoms with Crippen molar-refractivity contribution in [2.45, 2.75) is 44.9 Å². The van der Waals surface area contributed by atoms with Gasteiger partial charge in [0.2, 0.25) is 0 Å². The monoisotopic (exact) mass is 328 g/mol. The van der Waals surface area contributed by atoms with Crippen molar-refractivity contribution in [1.29, 1.82) is 0 Å². The summed E-state index contributed by atoms with van der Waals surface area (Å²) >= 11 is 0. The van der Waals surface area contributed by atoms with E-state index in [1.165, 1.54) is 23.2 Å². The Kier molecular flexibility index (Phi) is 4.11. The van der Waals surface area contributed by atoms with Gasteiger partial charge in [-0.05, 0) is 36.5 Å². The zero-order chi connectivity index (χ0) is 16.6. The number of ether oxygens (including phenoxy) is 1. The standard InChI is InChI=1S/C19H24O3Si/c1-23(2,3)9-8-13-4-7-18-14(10-13)5-6-16-17(21)11-15(20)12-19(16)22-18/h4,7,10-12,20-21H,5-6,8-9H2,1-3H3. The normalized spacial score (nSPS) is 13.7. The van der Waals surface area contributed by atoms with Crippen LogP contribution in [-0.4, -0.2) is 18.3 Å². The molecule has 1 aliphatic rings. The van der Waals surface area contributed by atoms with Crippen molar-refractivity contribution in [2.24, 2.45) is 0 Å². The van der Waals surface area contributed by atoms with Gasteiger partial charge in [0.1, 0.15) is 23.0 Å². The molecule has 0 radical (unpaired) electrons. The number of hydrogen-bond donors (Lipinski definition) is 2. The molecule has 0 saturated heterocycles. The number of phenolic OH excluding ortho intramolecular Hbond substituents is 2. The Morgan fingerprint density at radius 2 is 1.78 bits per heavy atom. The molecule has 0 amide bonds. The Bertz CT molecular complexity index is 732. The first kappa shape index (κ1) is 15.9. The van der Waals surface area contributed by atoms with Crippen molar-refractivity contribution in [1.82, 2.24) is 0 Å². The summed E-state index contributed by atoms with van der Waals surface area (Å²) in [7, 11) is -1.04. The van der Waals surface area contributed by atoms with Crippen LogP contribution in [0.2, 0.25) is 25.7 Å². The molecular formula is C19H24O3Si. The van der Waals surface area contributed by atoms with Crippen LogP contribution in [0.5, 0.6) is 23.0 Å². The van der Waals surface area contributed by atoms with Crippen molar-refractivity contribution in [3.63, 3.8) is 0 Å². The van der Waals surface area contributed by atoms with Gasteiger partial charge < -0.3 is 14.9 Å². The molecule has 2 aromatic rings. The first-order valence-electron chi connectivity index (χ1n) is 8.16. The van der Waals surface area contributed by atoms with Gasteiger partial charge in [-0.3, -0.25) is 0 Å². The lowest BCUT2D eigenvalue weighted by molar-refractivity contribution is 0.427. The molecule has 3 nitrogen and oxygen atoms in total. The van der Waals surface area contributed by atoms with Gasteiger partial charge in [-0.15, -0.1) is 0 Å². The summed E-state index contributed by atoms with van der Waals surface area (Å²) in [5.74, 6) is 1.50. The van der Waals surface area contributed by atoms with Crippen molar-refractivity contribution < 1.29 is 14.9 Å². The van der Waals surface area contributed by atoms with Crippen LogP contribution >= 0.6 is 0 Å². The van der Waals surface area contributed by atoms with Gasteiger partial charge >= 0.3 is 0 Å². The topological polar surface area (TPSA) is 49.7 Å². The molecule has 3 rings (SSSR count). The Hall–Kier alpha value is -1.94. The lowest BCUT2D eigenvalue weighted by Crippen LogP contribution is -2.19. The van der Waals surface area contributed by atoms with Crippen molar-refractivity contribution in [3.8, 4) is 23.0 Å². The number of benzene rings is 2. The van der Waals surface area contributed by atoms with E-state index in [4.69, 9.17) is 4.74 Å². The van der Waals surface area contributed by atoms with Gasteiger partial charge in [0.25, 0.3) is 0 Å². The highest BCUT2D eigenvalue weighted by molar-refractivity contribution is 6.76. The fourth-order valence-electron chi connectivity index (χ4n) is 2.94. The fraction of sp³-hybridized carbons (Fsp3) is 0.368. The molecule has 1 aliphatic heterocycles. The number of fused-ring (bicyclic) bond motifs is 2. The summed E-state index contributed by atoms with van der Waals surface area (Å²) in [6.07, 6.45) is 2.66. The molecule has 0 fully saturated rings. The molecule has 0 aromatic heterocycles. The molecule has 2 N–H and O–H groups in total. The minimum Gasteiger partial charge on any atom is -0.508 e. The van der Waals surface area contributed by atoms with Crippen LogP contribution in [-0.2, 0) is 19.3 Å². The van der Waals surface area contributed by atoms with Gasteiger partial charge in [-0.25, -0.2) is 0 Å². The molecular weight excluding hydrogens is 304 g/mol. The molecule has 0 spiro atoms. The van der Waals surface area contributed by atoms with Gasteiger partial charge in [0.15, 0.2) is 0 Å². The highest BCUT2D eigenvalue weighted by atomic mass is 28.3. The predicted molar refractivity (Wildman–Crippen MR) is 95.6 cm³/mol. The number of aryl methyl sites for hydroxylation is 2. The molecule has 23 heavy (non-hydrogen) atoms. The third kappa shape index (κ3) is 3.70. The zero-order valence-corrected chi connectivity index (χ0v) is 15.0. The number of rotatable bonds is 3. The van der Waals surface area contributed by atoms with Gasteiger partial charge in [0.05, 0.1) is 0 Å². The second-order valence-electron chi connectivity index (χ2n) is 7.55. The maximum absolute atomic E-state index is 10.0. The van der Waals surface area contributed by atoms with E-state index < -0.39 is 8.07 Å². The van der Waals surface area contributed by atoms with E-state index in [0.29, 0.717) is 12.2 Å². The zero-order valence-electron chi connectivity index (χ0n) is 14.0. The summed E-state index contributed by atoms with van der Waals surface area (Å²) in [6.45, 7) is 7.18. The first-order valence-corrected chi connectivity index (χ1v) is 11.9. The van der Waals surface area contributed by atoms with Crippen molar-refractivity contribution in [3.05, 3.63) is 47.0 Å². The molecule has 0 unspecified atom stereocenters. The highest BCUT2D eigenvalue weighted by Gasteiger charge is 2.19. The Morgan fingerprint density at radius 1 is 1.00 bits per heavy atom. The van der Waals surface area contributed by atoms with Crippen LogP contribution in [0.25, 0.3) is 0 Å². The molecule has 1 heterocycles. The van der Waals surface area contributed by atoms with E-state index in [2.05, 4.69) is 31.8 Å². The summed E-state index contributed by atoms with van der Waals surface area (Å²) in [5.41, 5.74) is 3.30. The lowest BCUT2D eigenvalue weighted by Gasteiger charge is -2.16. The average molecular weight is 328 g/mol. The van der Waals surface area contributed by atoms with Gasteiger partial charge in [-0.1, -0.05) is 37.8 Å². The summed E-state index contributed by atoms with van der Waals surface area (Å²) in [4.78, 5) is 0. The van der Waals surface area contributed by atoms with Crippen LogP contribution in [0, 0.1) is 0 Å². The first-order chi connectivity index (χ1) is 10.8. The summed E-state index contributed by atoms with van der Waals surface area (Å²) < 4.78 is 5.95. The molecule has 0 aliphatic carbocycles. The SMILES string of the molecule is C[Si](C)(C)CCc1ccc2c(c1)CCc1c(O)cc(O)cc1O2. The van der Waals surface area contributed by atoms with Crippen LogP contribution in [0.15, 0.2) is 30.3 Å². The lowest BCUT2D eigenvalue weighted by atomic mass is 10.0. The average Bonchev–Trinajstić information content (AvgIpc) is 2.62. The van der Waals surface area contributed by atoms with Crippen molar-refractivity contribution in [2.75, 3.05) is 0 Å². The van der Waals surface area contributed by atoms with E-state index in [9.17, 15) is 10.2 Å². The molecule has 4 heteroatoms. The molecule has 0 bridgehead atoms. The molecule has 122 valence electrons. The number of hydrogen-bond acceptors (Lipinski definition) is 3. The Morgan fingerprint density at radius 3 is 2.52 bits per heavy atom. The quantitative estimate of drug-likeness (QED) is 0.790. The Labute approximate surface area is 138 Å². The minimum atomic E-state index is -1.04. The van der Waals surface area contributed by atoms with Crippen LogP contribution < -0.4 is 4.74 Å². The maximum atomic E-state index is 10.0. The van der Waals surface area contributed by atoms with E-state index >= 15 is 0 Å². The van der Waals surface area contributed by atoms with E-state index in [-0.39, 0.29) is 11.5 Å². The van der Waals surface area contributed by atoms with E-state index in [0.717, 1.165) is 24.2 Å². The van der Waals surface area contributed by atoms with Crippen LogP contribution in [0.4, 0.5) is 0 Å².